The summed E-state index contributed by atoms with van der Waals surface area (Å²) in [5, 5.41) is 0. The lowest BCUT2D eigenvalue weighted by Crippen LogP contribution is -2.49. The van der Waals surface area contributed by atoms with Gasteiger partial charge < -0.3 is 14.4 Å². The van der Waals surface area contributed by atoms with Crippen molar-refractivity contribution in [2.24, 2.45) is 5.84 Å². The maximum absolute atomic E-state index is 5.66. The number of ether oxygens (including phenoxy) is 2. The standard InChI is InChI=1S/C11H20N6O2/c1-4-8-6-19-7(2)5-17(8)10-13-9(16-12)14-11(15-10)18-3/h7-8H,4-6,12H2,1-3H3,(H,13,14,15,16). The van der Waals surface area contributed by atoms with E-state index in [-0.39, 0.29) is 24.1 Å². The van der Waals surface area contributed by atoms with Gasteiger partial charge in [0.05, 0.1) is 25.9 Å². The van der Waals surface area contributed by atoms with Gasteiger partial charge in [0.15, 0.2) is 0 Å². The first-order chi connectivity index (χ1) is 9.17. The molecule has 0 aliphatic carbocycles. The number of methoxy groups -OCH3 is 1. The largest absolute Gasteiger partial charge is 0.467 e. The van der Waals surface area contributed by atoms with Gasteiger partial charge in [0.2, 0.25) is 11.9 Å². The Kier molecular flexibility index (Phi) is 4.33. The van der Waals surface area contributed by atoms with Crippen LogP contribution in [0.2, 0.25) is 0 Å². The third kappa shape index (κ3) is 3.02. The Bertz CT molecular complexity index is 407. The molecule has 0 amide bonds. The van der Waals surface area contributed by atoms with Crippen molar-refractivity contribution < 1.29 is 9.47 Å². The molecule has 2 unspecified atom stereocenters. The minimum Gasteiger partial charge on any atom is -0.467 e. The zero-order chi connectivity index (χ0) is 13.8. The molecule has 0 saturated carbocycles. The van der Waals surface area contributed by atoms with Gasteiger partial charge in [-0.1, -0.05) is 6.92 Å². The molecule has 0 bridgehead atoms. The summed E-state index contributed by atoms with van der Waals surface area (Å²) in [5.41, 5.74) is 2.43. The van der Waals surface area contributed by atoms with Gasteiger partial charge in [0.1, 0.15) is 0 Å². The Labute approximate surface area is 112 Å². The molecule has 8 nitrogen and oxygen atoms in total. The lowest BCUT2D eigenvalue weighted by atomic mass is 10.1. The first kappa shape index (κ1) is 13.8. The van der Waals surface area contributed by atoms with Gasteiger partial charge in [0.25, 0.3) is 0 Å². The Morgan fingerprint density at radius 2 is 2.26 bits per heavy atom. The van der Waals surface area contributed by atoms with Crippen molar-refractivity contribution in [3.8, 4) is 6.01 Å². The van der Waals surface area contributed by atoms with Crippen LogP contribution in [0.4, 0.5) is 11.9 Å². The van der Waals surface area contributed by atoms with Crippen molar-refractivity contribution in [3.05, 3.63) is 0 Å². The molecular weight excluding hydrogens is 248 g/mol. The van der Waals surface area contributed by atoms with Crippen molar-refractivity contribution in [2.45, 2.75) is 32.4 Å². The summed E-state index contributed by atoms with van der Waals surface area (Å²) in [6.45, 7) is 5.53. The number of aromatic nitrogens is 3. The van der Waals surface area contributed by atoms with Gasteiger partial charge in [-0.2, -0.15) is 15.0 Å². The molecule has 0 aromatic carbocycles. The zero-order valence-corrected chi connectivity index (χ0v) is 11.5. The predicted octanol–water partition coefficient (Wildman–Crippen LogP) is 0.170. The number of hydrogen-bond donors (Lipinski definition) is 2. The van der Waals surface area contributed by atoms with E-state index < -0.39 is 0 Å². The van der Waals surface area contributed by atoms with Crippen molar-refractivity contribution in [1.29, 1.82) is 0 Å². The van der Waals surface area contributed by atoms with Gasteiger partial charge in [0, 0.05) is 6.54 Å². The summed E-state index contributed by atoms with van der Waals surface area (Å²) in [6.07, 6.45) is 1.09. The minimum atomic E-state index is 0.139. The number of morpholine rings is 1. The number of hydrogen-bond acceptors (Lipinski definition) is 8. The monoisotopic (exact) mass is 268 g/mol. The van der Waals surface area contributed by atoms with Gasteiger partial charge in [-0.15, -0.1) is 0 Å². The number of nitrogen functional groups attached to an aromatic ring is 1. The molecular formula is C11H20N6O2. The van der Waals surface area contributed by atoms with E-state index in [1.165, 1.54) is 7.11 Å². The highest BCUT2D eigenvalue weighted by atomic mass is 16.5. The summed E-state index contributed by atoms with van der Waals surface area (Å²) in [5.74, 6) is 6.21. The molecule has 2 heterocycles. The van der Waals surface area contributed by atoms with Crippen LogP contribution in [0, 0.1) is 0 Å². The van der Waals surface area contributed by atoms with E-state index in [1.54, 1.807) is 0 Å². The fraction of sp³-hybridized carbons (Fsp3) is 0.727. The van der Waals surface area contributed by atoms with Crippen LogP contribution in [0.3, 0.4) is 0 Å². The molecule has 1 aromatic heterocycles. The van der Waals surface area contributed by atoms with E-state index in [2.05, 4.69) is 32.2 Å². The maximum atomic E-state index is 5.66. The van der Waals surface area contributed by atoms with Gasteiger partial charge in [-0.05, 0) is 13.3 Å². The normalized spacial score (nSPS) is 23.3. The summed E-state index contributed by atoms with van der Waals surface area (Å²) in [7, 11) is 1.51. The SMILES string of the molecule is CCC1COC(C)CN1c1nc(NN)nc(OC)n1. The van der Waals surface area contributed by atoms with Crippen molar-refractivity contribution >= 4 is 11.9 Å². The lowest BCUT2D eigenvalue weighted by molar-refractivity contribution is 0.0292. The van der Waals surface area contributed by atoms with Crippen molar-refractivity contribution in [1.82, 2.24) is 15.0 Å². The number of hydrazine groups is 1. The van der Waals surface area contributed by atoms with E-state index in [0.29, 0.717) is 12.6 Å². The van der Waals surface area contributed by atoms with E-state index >= 15 is 0 Å². The zero-order valence-electron chi connectivity index (χ0n) is 11.5. The molecule has 1 aromatic rings. The molecule has 0 spiro atoms. The Balaban J connectivity index is 2.31. The Morgan fingerprint density at radius 3 is 2.89 bits per heavy atom. The molecule has 8 heteroatoms. The number of anilines is 2. The smallest absolute Gasteiger partial charge is 0.322 e. The summed E-state index contributed by atoms with van der Waals surface area (Å²) >= 11 is 0. The highest BCUT2D eigenvalue weighted by Gasteiger charge is 2.28. The molecule has 106 valence electrons. The Morgan fingerprint density at radius 1 is 1.47 bits per heavy atom. The quantitative estimate of drug-likeness (QED) is 0.589. The molecule has 0 radical (unpaired) electrons. The second kappa shape index (κ2) is 5.98. The van der Waals surface area contributed by atoms with E-state index in [0.717, 1.165) is 13.0 Å². The summed E-state index contributed by atoms with van der Waals surface area (Å²) < 4.78 is 10.7. The van der Waals surface area contributed by atoms with Crippen molar-refractivity contribution in [2.75, 3.05) is 30.6 Å². The average molecular weight is 268 g/mol. The number of nitrogens with zero attached hydrogens (tertiary/aromatic N) is 4. The highest BCUT2D eigenvalue weighted by Crippen LogP contribution is 2.22. The first-order valence-electron chi connectivity index (χ1n) is 6.32. The Hall–Kier alpha value is -1.67. The van der Waals surface area contributed by atoms with E-state index in [4.69, 9.17) is 15.3 Å². The van der Waals surface area contributed by atoms with Crippen LogP contribution in [0.15, 0.2) is 0 Å². The second-order valence-corrected chi connectivity index (χ2v) is 4.45. The second-order valence-electron chi connectivity index (χ2n) is 4.45. The van der Waals surface area contributed by atoms with Gasteiger partial charge in [-0.3, -0.25) is 5.43 Å². The molecule has 3 N–H and O–H groups in total. The molecule has 2 atom stereocenters. The molecule has 2 rings (SSSR count). The lowest BCUT2D eigenvalue weighted by Gasteiger charge is -2.38. The molecule has 1 aliphatic heterocycles. The van der Waals surface area contributed by atoms with Crippen LogP contribution in [0.5, 0.6) is 6.01 Å². The third-order valence-electron chi connectivity index (χ3n) is 3.11. The summed E-state index contributed by atoms with van der Waals surface area (Å²) in [4.78, 5) is 14.7. The average Bonchev–Trinajstić information content (AvgIpc) is 2.46. The van der Waals surface area contributed by atoms with Gasteiger partial charge in [-0.25, -0.2) is 5.84 Å². The van der Waals surface area contributed by atoms with Crippen LogP contribution >= 0.6 is 0 Å². The number of rotatable bonds is 4. The van der Waals surface area contributed by atoms with E-state index in [1.807, 2.05) is 6.92 Å². The van der Waals surface area contributed by atoms with Crippen LogP contribution < -0.4 is 20.9 Å². The highest BCUT2D eigenvalue weighted by molar-refractivity contribution is 5.39. The van der Waals surface area contributed by atoms with Crippen LogP contribution in [0.1, 0.15) is 20.3 Å². The molecule has 1 fully saturated rings. The molecule has 1 aliphatic rings. The van der Waals surface area contributed by atoms with Crippen LogP contribution in [-0.4, -0.2) is 47.4 Å². The summed E-state index contributed by atoms with van der Waals surface area (Å²) in [6, 6.07) is 0.487. The first-order valence-corrected chi connectivity index (χ1v) is 6.32. The fourth-order valence-electron chi connectivity index (χ4n) is 2.06. The molecule has 1 saturated heterocycles. The van der Waals surface area contributed by atoms with Gasteiger partial charge >= 0.3 is 6.01 Å². The number of nitrogens with one attached hydrogen (secondary N) is 1. The maximum Gasteiger partial charge on any atom is 0.322 e. The molecule has 19 heavy (non-hydrogen) atoms. The fourth-order valence-corrected chi connectivity index (χ4v) is 2.06. The van der Waals surface area contributed by atoms with Crippen LogP contribution in [-0.2, 0) is 4.74 Å². The minimum absolute atomic E-state index is 0.139. The number of nitrogens with two attached hydrogens (primary N) is 1. The third-order valence-corrected chi connectivity index (χ3v) is 3.11. The van der Waals surface area contributed by atoms with Crippen LogP contribution in [0.25, 0.3) is 0 Å². The topological polar surface area (TPSA) is 98.4 Å². The van der Waals surface area contributed by atoms with E-state index in [9.17, 15) is 0 Å². The van der Waals surface area contributed by atoms with Crippen molar-refractivity contribution in [3.63, 3.8) is 0 Å². The predicted molar refractivity (Wildman–Crippen MR) is 71.0 cm³/mol.